The maximum absolute atomic E-state index is 12.6. The number of carbonyl (C=O) groups is 2. The molecule has 2 aromatic carbocycles. The molecule has 1 saturated heterocycles. The van der Waals surface area contributed by atoms with Crippen molar-refractivity contribution in [1.82, 2.24) is 15.3 Å². The van der Waals surface area contributed by atoms with Crippen molar-refractivity contribution in [2.75, 3.05) is 18.0 Å². The van der Waals surface area contributed by atoms with E-state index in [4.69, 9.17) is 0 Å². The Kier molecular flexibility index (Phi) is 5.09. The lowest BCUT2D eigenvalue weighted by Gasteiger charge is -2.43. The van der Waals surface area contributed by atoms with Gasteiger partial charge in [-0.15, -0.1) is 0 Å². The number of rotatable bonds is 4. The van der Waals surface area contributed by atoms with Crippen molar-refractivity contribution < 1.29 is 14.7 Å². The number of nitrogens with one attached hydrogen (secondary N) is 1. The SMILES string of the molecule is O=C(O)NC1c2ccccc2CC12CCN(c1cnc(C(=O)c3ccccc3)cn1)CC2. The molecule has 0 saturated carbocycles. The van der Waals surface area contributed by atoms with Gasteiger partial charge in [-0.1, -0.05) is 54.6 Å². The van der Waals surface area contributed by atoms with E-state index in [1.54, 1.807) is 18.3 Å². The Morgan fingerprint density at radius 2 is 1.69 bits per heavy atom. The van der Waals surface area contributed by atoms with Crippen LogP contribution in [0.15, 0.2) is 67.0 Å². The molecule has 0 bridgehead atoms. The molecular weight excluding hydrogens is 404 g/mol. The van der Waals surface area contributed by atoms with Gasteiger partial charge in [0, 0.05) is 24.1 Å². The van der Waals surface area contributed by atoms with Gasteiger partial charge in [0.05, 0.1) is 18.4 Å². The van der Waals surface area contributed by atoms with Crippen molar-refractivity contribution in [2.45, 2.75) is 25.3 Å². The number of ketones is 1. The molecule has 1 aliphatic heterocycles. The molecule has 1 unspecified atom stereocenters. The Bertz CT molecular complexity index is 1140. The van der Waals surface area contributed by atoms with Crippen LogP contribution in [0.25, 0.3) is 0 Å². The average molecular weight is 428 g/mol. The second-order valence-corrected chi connectivity index (χ2v) is 8.56. The molecule has 1 atom stereocenters. The van der Waals surface area contributed by atoms with Gasteiger partial charge in [-0.2, -0.15) is 0 Å². The third kappa shape index (κ3) is 3.60. The summed E-state index contributed by atoms with van der Waals surface area (Å²) in [5.74, 6) is 0.594. The summed E-state index contributed by atoms with van der Waals surface area (Å²) in [6.07, 6.45) is 4.77. The molecule has 3 aromatic rings. The first-order valence-electron chi connectivity index (χ1n) is 10.8. The van der Waals surface area contributed by atoms with Gasteiger partial charge in [0.2, 0.25) is 5.78 Å². The molecule has 5 rings (SSSR count). The molecule has 7 nitrogen and oxygen atoms in total. The molecule has 2 aliphatic rings. The highest BCUT2D eigenvalue weighted by Gasteiger charge is 2.48. The number of aromatic nitrogens is 2. The second-order valence-electron chi connectivity index (χ2n) is 8.56. The molecule has 7 heteroatoms. The van der Waals surface area contributed by atoms with Crippen LogP contribution in [0.3, 0.4) is 0 Å². The number of carboxylic acid groups (broad SMARTS) is 1. The Morgan fingerprint density at radius 1 is 0.969 bits per heavy atom. The fourth-order valence-corrected chi connectivity index (χ4v) is 5.13. The first-order valence-corrected chi connectivity index (χ1v) is 10.8. The van der Waals surface area contributed by atoms with Crippen molar-refractivity contribution in [1.29, 1.82) is 0 Å². The first-order chi connectivity index (χ1) is 15.6. The van der Waals surface area contributed by atoms with Gasteiger partial charge in [0.25, 0.3) is 0 Å². The molecule has 162 valence electrons. The van der Waals surface area contributed by atoms with E-state index in [1.165, 1.54) is 11.8 Å². The Labute approximate surface area is 186 Å². The number of hydrogen-bond acceptors (Lipinski definition) is 5. The smallest absolute Gasteiger partial charge is 0.405 e. The number of nitrogens with zero attached hydrogens (tertiary/aromatic N) is 3. The minimum atomic E-state index is -0.988. The van der Waals surface area contributed by atoms with E-state index in [-0.39, 0.29) is 17.2 Å². The standard InChI is InChI=1S/C25H24N4O3/c30-22(17-6-2-1-3-7-17)20-15-27-21(16-26-20)29-12-10-25(11-13-29)14-18-8-4-5-9-19(18)23(25)28-24(31)32/h1-9,15-16,23,28H,10-14H2,(H,31,32). The fourth-order valence-electron chi connectivity index (χ4n) is 5.13. The lowest BCUT2D eigenvalue weighted by atomic mass is 9.72. The fraction of sp³-hybridized carbons (Fsp3) is 0.280. The Morgan fingerprint density at radius 3 is 2.38 bits per heavy atom. The van der Waals surface area contributed by atoms with E-state index in [9.17, 15) is 14.7 Å². The molecule has 0 radical (unpaired) electrons. The maximum Gasteiger partial charge on any atom is 0.405 e. The molecule has 2 N–H and O–H groups in total. The van der Waals surface area contributed by atoms with E-state index < -0.39 is 6.09 Å². The topological polar surface area (TPSA) is 95.4 Å². The van der Waals surface area contributed by atoms with Crippen LogP contribution in [-0.2, 0) is 6.42 Å². The summed E-state index contributed by atoms with van der Waals surface area (Å²) in [7, 11) is 0. The third-order valence-electron chi connectivity index (χ3n) is 6.78. The van der Waals surface area contributed by atoms with Crippen LogP contribution in [0.1, 0.15) is 46.1 Å². The van der Waals surface area contributed by atoms with Crippen molar-refractivity contribution in [2.24, 2.45) is 5.41 Å². The summed E-state index contributed by atoms with van der Waals surface area (Å²) >= 11 is 0. The molecule has 1 aliphatic carbocycles. The van der Waals surface area contributed by atoms with Crippen LogP contribution in [0, 0.1) is 5.41 Å². The van der Waals surface area contributed by atoms with Crippen molar-refractivity contribution in [3.8, 4) is 0 Å². The van der Waals surface area contributed by atoms with E-state index in [1.807, 2.05) is 36.4 Å². The number of piperidine rings is 1. The van der Waals surface area contributed by atoms with Gasteiger partial charge >= 0.3 is 6.09 Å². The summed E-state index contributed by atoms with van der Waals surface area (Å²) in [4.78, 5) is 35.1. The summed E-state index contributed by atoms with van der Waals surface area (Å²) in [5.41, 5.74) is 3.10. The van der Waals surface area contributed by atoms with Crippen LogP contribution in [0.5, 0.6) is 0 Å². The zero-order valence-electron chi connectivity index (χ0n) is 17.6. The second kappa shape index (κ2) is 8.07. The largest absolute Gasteiger partial charge is 0.465 e. The summed E-state index contributed by atoms with van der Waals surface area (Å²) in [6, 6.07) is 17.0. The maximum atomic E-state index is 12.6. The minimum absolute atomic E-state index is 0.130. The normalized spacial score (nSPS) is 18.9. The zero-order chi connectivity index (χ0) is 22.1. The van der Waals surface area contributed by atoms with Gasteiger partial charge in [-0.3, -0.25) is 4.79 Å². The Balaban J connectivity index is 1.30. The average Bonchev–Trinajstić information content (AvgIpc) is 3.12. The third-order valence-corrected chi connectivity index (χ3v) is 6.78. The molecule has 1 fully saturated rings. The monoisotopic (exact) mass is 428 g/mol. The van der Waals surface area contributed by atoms with E-state index >= 15 is 0 Å². The number of benzene rings is 2. The molecule has 1 aromatic heterocycles. The van der Waals surface area contributed by atoms with Crippen molar-refractivity contribution >= 4 is 17.7 Å². The highest BCUT2D eigenvalue weighted by molar-refractivity contribution is 6.07. The minimum Gasteiger partial charge on any atom is -0.465 e. The van der Waals surface area contributed by atoms with Gasteiger partial charge in [0.1, 0.15) is 11.5 Å². The Hall–Kier alpha value is -3.74. The van der Waals surface area contributed by atoms with Crippen molar-refractivity contribution in [3.63, 3.8) is 0 Å². The molecule has 1 amide bonds. The van der Waals surface area contributed by atoms with Crippen LogP contribution in [0.4, 0.5) is 10.6 Å². The van der Waals surface area contributed by atoms with E-state index in [0.29, 0.717) is 11.3 Å². The zero-order valence-corrected chi connectivity index (χ0v) is 17.6. The summed E-state index contributed by atoms with van der Waals surface area (Å²) < 4.78 is 0. The van der Waals surface area contributed by atoms with Crippen LogP contribution in [-0.4, -0.2) is 40.0 Å². The molecule has 1 spiro atoms. The number of anilines is 1. The van der Waals surface area contributed by atoms with E-state index in [0.717, 1.165) is 43.7 Å². The number of amides is 1. The highest BCUT2D eigenvalue weighted by atomic mass is 16.4. The molecule has 2 heterocycles. The summed E-state index contributed by atoms with van der Waals surface area (Å²) in [6.45, 7) is 1.51. The van der Waals surface area contributed by atoms with Gasteiger partial charge in [0.15, 0.2) is 0 Å². The molecule has 32 heavy (non-hydrogen) atoms. The lowest BCUT2D eigenvalue weighted by Crippen LogP contribution is -2.47. The van der Waals surface area contributed by atoms with Crippen molar-refractivity contribution in [3.05, 3.63) is 89.4 Å². The summed E-state index contributed by atoms with van der Waals surface area (Å²) in [5, 5.41) is 12.2. The van der Waals surface area contributed by atoms with E-state index in [2.05, 4.69) is 26.3 Å². The van der Waals surface area contributed by atoms with Gasteiger partial charge < -0.3 is 15.3 Å². The predicted molar refractivity (Wildman–Crippen MR) is 120 cm³/mol. The van der Waals surface area contributed by atoms with Crippen LogP contribution < -0.4 is 10.2 Å². The van der Waals surface area contributed by atoms with Crippen LogP contribution in [0.2, 0.25) is 0 Å². The first kappa shape index (κ1) is 20.2. The molecular formula is C25H24N4O3. The number of carbonyl (C=O) groups excluding carboxylic acids is 1. The number of fused-ring (bicyclic) bond motifs is 1. The quantitative estimate of drug-likeness (QED) is 0.613. The number of hydrogen-bond donors (Lipinski definition) is 2. The predicted octanol–water partition coefficient (Wildman–Crippen LogP) is 3.86. The lowest BCUT2D eigenvalue weighted by molar-refractivity contribution is 0.103. The van der Waals surface area contributed by atoms with Crippen LogP contribution >= 0.6 is 0 Å². The van der Waals surface area contributed by atoms with Gasteiger partial charge in [-0.25, -0.2) is 14.8 Å². The highest BCUT2D eigenvalue weighted by Crippen LogP contribution is 2.52. The van der Waals surface area contributed by atoms with Gasteiger partial charge in [-0.05, 0) is 30.4 Å².